The molecule has 0 saturated carbocycles. The van der Waals surface area contributed by atoms with E-state index in [1.807, 2.05) is 13.8 Å². The molecule has 0 radical (unpaired) electrons. The normalized spacial score (nSPS) is 11.4. The fourth-order valence-corrected chi connectivity index (χ4v) is 0.654. The maximum absolute atomic E-state index is 10.2. The Bertz CT molecular complexity index is 229. The lowest BCUT2D eigenvalue weighted by molar-refractivity contribution is -0.420. The summed E-state index contributed by atoms with van der Waals surface area (Å²) in [6, 6.07) is 0. The summed E-state index contributed by atoms with van der Waals surface area (Å²) in [4.78, 5) is 19.9. The molecule has 0 spiro atoms. The van der Waals surface area contributed by atoms with Crippen molar-refractivity contribution in [2.24, 2.45) is 0 Å². The first-order valence-corrected chi connectivity index (χ1v) is 4.10. The van der Waals surface area contributed by atoms with Crippen LogP contribution in [0, 0.1) is 10.1 Å². The van der Waals surface area contributed by atoms with Crippen LogP contribution < -0.4 is 0 Å². The summed E-state index contributed by atoms with van der Waals surface area (Å²) >= 11 is 0. The maximum Gasteiger partial charge on any atom is 0.275 e. The van der Waals surface area contributed by atoms with E-state index in [0.29, 0.717) is 6.29 Å². The van der Waals surface area contributed by atoms with Gasteiger partial charge in [-0.15, -0.1) is 0 Å². The van der Waals surface area contributed by atoms with Crippen molar-refractivity contribution >= 4 is 6.29 Å². The first kappa shape index (κ1) is 14.1. The van der Waals surface area contributed by atoms with E-state index in [1.165, 1.54) is 19.1 Å². The summed E-state index contributed by atoms with van der Waals surface area (Å²) in [5, 5.41) is 10.2. The predicted molar refractivity (Wildman–Crippen MR) is 51.9 cm³/mol. The lowest BCUT2D eigenvalue weighted by Gasteiger charge is -1.93. The molecule has 4 nitrogen and oxygen atoms in total. The third-order valence-corrected chi connectivity index (χ3v) is 1.20. The molecule has 0 heterocycles. The molecule has 0 aromatic carbocycles. The van der Waals surface area contributed by atoms with E-state index in [2.05, 4.69) is 0 Å². The van der Waals surface area contributed by atoms with Gasteiger partial charge in [-0.1, -0.05) is 19.9 Å². The van der Waals surface area contributed by atoms with Gasteiger partial charge in [0, 0.05) is 0 Å². The van der Waals surface area contributed by atoms with Crippen molar-refractivity contribution in [2.45, 2.75) is 27.7 Å². The number of rotatable bonds is 3. The molecule has 0 aliphatic heterocycles. The summed E-state index contributed by atoms with van der Waals surface area (Å²) < 4.78 is 0. The second kappa shape index (κ2) is 8.64. The summed E-state index contributed by atoms with van der Waals surface area (Å²) in [6.45, 7) is 7.10. The highest BCUT2D eigenvalue weighted by Gasteiger charge is 2.13. The van der Waals surface area contributed by atoms with Crippen LogP contribution in [0.5, 0.6) is 0 Å². The van der Waals surface area contributed by atoms with Gasteiger partial charge in [-0.3, -0.25) is 14.9 Å². The lowest BCUT2D eigenvalue weighted by atomic mass is 10.2. The molecule has 0 N–H and O–H groups in total. The van der Waals surface area contributed by atoms with Crippen molar-refractivity contribution in [3.8, 4) is 0 Å². The van der Waals surface area contributed by atoms with Gasteiger partial charge in [0.05, 0.1) is 10.5 Å². The van der Waals surface area contributed by atoms with Crippen molar-refractivity contribution in [3.63, 3.8) is 0 Å². The summed E-state index contributed by atoms with van der Waals surface area (Å²) in [6.07, 6.45) is 3.17. The zero-order chi connectivity index (χ0) is 10.9. The largest absolute Gasteiger partial charge is 0.298 e. The van der Waals surface area contributed by atoms with E-state index in [1.54, 1.807) is 6.92 Å². The molecule has 0 rings (SSSR count). The molecule has 0 bridgehead atoms. The van der Waals surface area contributed by atoms with Crippen LogP contribution in [0.3, 0.4) is 0 Å². The molecule has 0 aromatic rings. The molecule has 0 fully saturated rings. The first-order chi connectivity index (χ1) is 6.17. The molecule has 74 valence electrons. The van der Waals surface area contributed by atoms with E-state index < -0.39 is 4.92 Å². The number of allylic oxidation sites excluding steroid dienone is 3. The Labute approximate surface area is 78.1 Å². The van der Waals surface area contributed by atoms with Crippen molar-refractivity contribution < 1.29 is 9.72 Å². The second-order valence-corrected chi connectivity index (χ2v) is 1.79. The molecule has 13 heavy (non-hydrogen) atoms. The van der Waals surface area contributed by atoms with Gasteiger partial charge in [0.2, 0.25) is 0 Å². The number of nitrogens with zero attached hydrogens (tertiary/aromatic N) is 1. The molecule has 0 atom stereocenters. The van der Waals surface area contributed by atoms with Gasteiger partial charge in [-0.2, -0.15) is 0 Å². The first-order valence-electron chi connectivity index (χ1n) is 4.10. The molecule has 0 aliphatic carbocycles. The zero-order valence-corrected chi connectivity index (χ0v) is 8.40. The maximum atomic E-state index is 10.2. The van der Waals surface area contributed by atoms with Gasteiger partial charge >= 0.3 is 0 Å². The van der Waals surface area contributed by atoms with Gasteiger partial charge in [-0.25, -0.2) is 0 Å². The van der Waals surface area contributed by atoms with Crippen LogP contribution in [0.25, 0.3) is 0 Å². The van der Waals surface area contributed by atoms with Gasteiger partial charge in [0.25, 0.3) is 5.70 Å². The van der Waals surface area contributed by atoms with E-state index in [9.17, 15) is 14.9 Å². The highest BCUT2D eigenvalue weighted by molar-refractivity contribution is 5.78. The molecule has 4 heteroatoms. The molecular formula is C9H15NO3. The zero-order valence-electron chi connectivity index (χ0n) is 8.40. The number of aldehydes is 1. The Balaban J connectivity index is 0. The number of nitro groups is 1. The SMILES string of the molecule is C/C=C(C=O)\C(=C/C)[N+](=O)[O-].CC. The quantitative estimate of drug-likeness (QED) is 0.223. The van der Waals surface area contributed by atoms with Crippen LogP contribution in [0.4, 0.5) is 0 Å². The van der Waals surface area contributed by atoms with Crippen molar-refractivity contribution in [3.05, 3.63) is 33.5 Å². The minimum Gasteiger partial charge on any atom is -0.298 e. The van der Waals surface area contributed by atoms with Crippen LogP contribution >= 0.6 is 0 Å². The van der Waals surface area contributed by atoms with E-state index in [-0.39, 0.29) is 11.3 Å². The molecule has 0 unspecified atom stereocenters. The van der Waals surface area contributed by atoms with Gasteiger partial charge in [0.1, 0.15) is 0 Å². The fourth-order valence-electron chi connectivity index (χ4n) is 0.654. The Morgan fingerprint density at radius 1 is 1.23 bits per heavy atom. The van der Waals surface area contributed by atoms with Gasteiger partial charge in [0.15, 0.2) is 6.29 Å². The number of hydrogen-bond acceptors (Lipinski definition) is 3. The summed E-state index contributed by atoms with van der Waals surface area (Å²) in [7, 11) is 0. The van der Waals surface area contributed by atoms with Crippen LogP contribution in [0.2, 0.25) is 0 Å². The van der Waals surface area contributed by atoms with Gasteiger partial charge in [-0.05, 0) is 19.9 Å². The van der Waals surface area contributed by atoms with Gasteiger partial charge < -0.3 is 0 Å². The standard InChI is InChI=1S/C7H9NO3.C2H6/c1-3-6(5-9)7(4-2)8(10)11;1-2/h3-5H,1-2H3;1-2H3/b6-3-,7-4+;. The van der Waals surface area contributed by atoms with Crippen molar-refractivity contribution in [1.29, 1.82) is 0 Å². The molecule has 0 aromatic heterocycles. The molecule has 0 saturated heterocycles. The predicted octanol–water partition coefficient (Wildman–Crippen LogP) is 2.34. The number of carbonyl (C=O) groups excluding carboxylic acids is 1. The monoisotopic (exact) mass is 185 g/mol. The van der Waals surface area contributed by atoms with E-state index in [4.69, 9.17) is 0 Å². The van der Waals surface area contributed by atoms with E-state index >= 15 is 0 Å². The number of carbonyl (C=O) groups is 1. The van der Waals surface area contributed by atoms with Crippen LogP contribution in [-0.2, 0) is 4.79 Å². The topological polar surface area (TPSA) is 60.2 Å². The van der Waals surface area contributed by atoms with E-state index in [0.717, 1.165) is 0 Å². The fraction of sp³-hybridized carbons (Fsp3) is 0.444. The summed E-state index contributed by atoms with van der Waals surface area (Å²) in [5.41, 5.74) is -0.0417. The lowest BCUT2D eigenvalue weighted by Crippen LogP contribution is -2.02. The Morgan fingerprint density at radius 2 is 1.69 bits per heavy atom. The minimum atomic E-state index is -0.580. The average Bonchev–Trinajstić information content (AvgIpc) is 2.16. The second-order valence-electron chi connectivity index (χ2n) is 1.79. The molecular weight excluding hydrogens is 170 g/mol. The number of hydrogen-bond donors (Lipinski definition) is 0. The van der Waals surface area contributed by atoms with Crippen molar-refractivity contribution in [2.75, 3.05) is 0 Å². The van der Waals surface area contributed by atoms with Crippen molar-refractivity contribution in [1.82, 2.24) is 0 Å². The molecule has 0 amide bonds. The Kier molecular flexibility index (Phi) is 9.37. The summed E-state index contributed by atoms with van der Waals surface area (Å²) in [5.74, 6) is 0. The third kappa shape index (κ3) is 4.90. The highest BCUT2D eigenvalue weighted by Crippen LogP contribution is 2.06. The minimum absolute atomic E-state index is 0.109. The third-order valence-electron chi connectivity index (χ3n) is 1.20. The molecule has 0 aliphatic rings. The van der Waals surface area contributed by atoms with Crippen LogP contribution in [0.1, 0.15) is 27.7 Å². The highest BCUT2D eigenvalue weighted by atomic mass is 16.6. The smallest absolute Gasteiger partial charge is 0.275 e. The average molecular weight is 185 g/mol. The van der Waals surface area contributed by atoms with Crippen LogP contribution in [-0.4, -0.2) is 11.2 Å². The Morgan fingerprint density at radius 3 is 1.77 bits per heavy atom. The Hall–Kier alpha value is -1.45. The van der Waals surface area contributed by atoms with Crippen LogP contribution in [0.15, 0.2) is 23.4 Å².